The minimum Gasteiger partial charge on any atom is -0.356 e. The summed E-state index contributed by atoms with van der Waals surface area (Å²) in [6.07, 6.45) is 4.10. The zero-order valence-electron chi connectivity index (χ0n) is 18.1. The Morgan fingerprint density at radius 2 is 2.00 bits per heavy atom. The van der Waals surface area contributed by atoms with Crippen LogP contribution in [0.1, 0.15) is 37.2 Å². The van der Waals surface area contributed by atoms with E-state index in [9.17, 15) is 0 Å². The number of unbranched alkanes of at least 4 members (excludes halogenated alkanes) is 1. The molecule has 3 aromatic rings. The molecule has 0 fully saturated rings. The van der Waals surface area contributed by atoms with Gasteiger partial charge in [0.1, 0.15) is 18.2 Å². The maximum Gasteiger partial charge on any atom is 0.194 e. The Hall–Kier alpha value is -2.43. The van der Waals surface area contributed by atoms with E-state index in [-0.39, 0.29) is 24.0 Å². The molecule has 0 aliphatic heterocycles. The van der Waals surface area contributed by atoms with Gasteiger partial charge < -0.3 is 19.8 Å². The van der Waals surface area contributed by atoms with Crippen molar-refractivity contribution in [1.82, 2.24) is 34.9 Å². The lowest BCUT2D eigenvalue weighted by atomic mass is 10.2. The fourth-order valence-corrected chi connectivity index (χ4v) is 2.93. The minimum absolute atomic E-state index is 0. The number of guanidine groups is 1. The number of aromatic amines is 1. The lowest BCUT2D eigenvalue weighted by molar-refractivity contribution is 0.460. The van der Waals surface area contributed by atoms with Crippen LogP contribution in [0.15, 0.2) is 41.5 Å². The van der Waals surface area contributed by atoms with Crippen LogP contribution in [-0.2, 0) is 20.1 Å². The van der Waals surface area contributed by atoms with Gasteiger partial charge in [-0.3, -0.25) is 0 Å². The van der Waals surface area contributed by atoms with Crippen molar-refractivity contribution in [3.63, 3.8) is 0 Å². The SMILES string of the molecule is CCCCNC(=NCc1nnc(C)n1C)N(C)Cc1ncc(-c2ccccc2)[nH]1.I. The van der Waals surface area contributed by atoms with Gasteiger partial charge in [0.25, 0.3) is 0 Å². The maximum absolute atomic E-state index is 4.77. The number of H-pyrrole nitrogens is 1. The van der Waals surface area contributed by atoms with Crippen molar-refractivity contribution >= 4 is 29.9 Å². The standard InChI is InChI=1S/C21H30N8.HI/c1-5-6-12-22-21(24-14-20-27-26-16(2)29(20)4)28(3)15-19-23-13-18(25-19)17-10-8-7-9-11-17;/h7-11,13H,5-6,12,14-15H2,1-4H3,(H,22,24)(H,23,25);1H. The Kier molecular flexibility index (Phi) is 9.28. The molecule has 2 aromatic heterocycles. The molecule has 162 valence electrons. The van der Waals surface area contributed by atoms with Crippen molar-refractivity contribution in [2.75, 3.05) is 13.6 Å². The van der Waals surface area contributed by atoms with Crippen LogP contribution in [0.3, 0.4) is 0 Å². The lowest BCUT2D eigenvalue weighted by Crippen LogP contribution is -2.39. The number of rotatable bonds is 8. The van der Waals surface area contributed by atoms with Gasteiger partial charge in [0, 0.05) is 20.6 Å². The molecule has 3 rings (SSSR count). The van der Waals surface area contributed by atoms with E-state index in [1.54, 1.807) is 0 Å². The summed E-state index contributed by atoms with van der Waals surface area (Å²) in [5.74, 6) is 3.45. The molecular weight excluding hydrogens is 491 g/mol. The summed E-state index contributed by atoms with van der Waals surface area (Å²) < 4.78 is 1.96. The van der Waals surface area contributed by atoms with E-state index in [4.69, 9.17) is 4.99 Å². The van der Waals surface area contributed by atoms with E-state index in [1.165, 1.54) is 0 Å². The highest BCUT2D eigenvalue weighted by atomic mass is 127. The molecular formula is C21H31IN8. The van der Waals surface area contributed by atoms with E-state index >= 15 is 0 Å². The second kappa shape index (κ2) is 11.7. The van der Waals surface area contributed by atoms with Crippen molar-refractivity contribution < 1.29 is 0 Å². The molecule has 0 aliphatic rings. The van der Waals surface area contributed by atoms with Crippen LogP contribution in [-0.4, -0.2) is 49.2 Å². The number of imidazole rings is 1. The average molecular weight is 522 g/mol. The second-order valence-electron chi connectivity index (χ2n) is 7.11. The van der Waals surface area contributed by atoms with E-state index in [0.717, 1.165) is 54.1 Å². The lowest BCUT2D eigenvalue weighted by Gasteiger charge is -2.21. The number of nitrogens with one attached hydrogen (secondary N) is 2. The highest BCUT2D eigenvalue weighted by Gasteiger charge is 2.11. The van der Waals surface area contributed by atoms with Gasteiger partial charge in [-0.05, 0) is 18.9 Å². The highest BCUT2D eigenvalue weighted by molar-refractivity contribution is 14.0. The first-order valence-corrected chi connectivity index (χ1v) is 10.0. The van der Waals surface area contributed by atoms with E-state index < -0.39 is 0 Å². The number of halogens is 1. The van der Waals surface area contributed by atoms with Gasteiger partial charge in [0.15, 0.2) is 11.8 Å². The van der Waals surface area contributed by atoms with Crippen LogP contribution in [0, 0.1) is 6.92 Å². The average Bonchev–Trinajstić information content (AvgIpc) is 3.32. The van der Waals surface area contributed by atoms with E-state index in [2.05, 4.69) is 49.4 Å². The van der Waals surface area contributed by atoms with Gasteiger partial charge in [0.2, 0.25) is 0 Å². The molecule has 0 unspecified atom stereocenters. The van der Waals surface area contributed by atoms with Crippen molar-refractivity contribution in [2.45, 2.75) is 39.8 Å². The van der Waals surface area contributed by atoms with E-state index in [1.807, 2.05) is 50.0 Å². The molecule has 1 aromatic carbocycles. The summed E-state index contributed by atoms with van der Waals surface area (Å²) in [6.45, 7) is 6.10. The first-order chi connectivity index (χ1) is 14.1. The summed E-state index contributed by atoms with van der Waals surface area (Å²) in [7, 11) is 3.98. The third-order valence-corrected chi connectivity index (χ3v) is 4.83. The maximum atomic E-state index is 4.77. The number of hydrogen-bond donors (Lipinski definition) is 2. The number of benzene rings is 1. The third-order valence-electron chi connectivity index (χ3n) is 4.83. The first kappa shape index (κ1) is 23.8. The topological polar surface area (TPSA) is 87.0 Å². The summed E-state index contributed by atoms with van der Waals surface area (Å²) >= 11 is 0. The summed E-state index contributed by atoms with van der Waals surface area (Å²) in [5, 5.41) is 11.8. The number of nitrogens with zero attached hydrogens (tertiary/aromatic N) is 6. The fraction of sp³-hybridized carbons (Fsp3) is 0.429. The number of hydrogen-bond acceptors (Lipinski definition) is 4. The molecule has 0 saturated heterocycles. The Labute approximate surface area is 195 Å². The largest absolute Gasteiger partial charge is 0.356 e. The summed E-state index contributed by atoms with van der Waals surface area (Å²) in [4.78, 5) is 14.8. The molecule has 2 heterocycles. The monoisotopic (exact) mass is 522 g/mol. The summed E-state index contributed by atoms with van der Waals surface area (Å²) in [6, 6.07) is 10.2. The quantitative estimate of drug-likeness (QED) is 0.205. The van der Waals surface area contributed by atoms with Crippen LogP contribution in [0.5, 0.6) is 0 Å². The second-order valence-corrected chi connectivity index (χ2v) is 7.11. The molecule has 0 saturated carbocycles. The zero-order valence-corrected chi connectivity index (χ0v) is 20.4. The number of aliphatic imine (C=N–C) groups is 1. The molecule has 0 amide bonds. The third kappa shape index (κ3) is 6.28. The van der Waals surface area contributed by atoms with Crippen LogP contribution in [0.25, 0.3) is 11.3 Å². The van der Waals surface area contributed by atoms with Crippen molar-refractivity contribution in [3.05, 3.63) is 54.0 Å². The smallest absolute Gasteiger partial charge is 0.194 e. The molecule has 8 nitrogen and oxygen atoms in total. The highest BCUT2D eigenvalue weighted by Crippen LogP contribution is 2.16. The Morgan fingerprint density at radius 1 is 1.23 bits per heavy atom. The predicted octanol–water partition coefficient (Wildman–Crippen LogP) is 3.51. The van der Waals surface area contributed by atoms with Crippen LogP contribution < -0.4 is 5.32 Å². The van der Waals surface area contributed by atoms with E-state index in [0.29, 0.717) is 13.1 Å². The molecule has 0 spiro atoms. The zero-order chi connectivity index (χ0) is 20.6. The van der Waals surface area contributed by atoms with Gasteiger partial charge in [-0.2, -0.15) is 0 Å². The Balaban J connectivity index is 0.00000320. The minimum atomic E-state index is 0. The fourth-order valence-electron chi connectivity index (χ4n) is 2.93. The molecule has 0 atom stereocenters. The molecule has 0 aliphatic carbocycles. The molecule has 2 N–H and O–H groups in total. The van der Waals surface area contributed by atoms with Crippen molar-refractivity contribution in [2.24, 2.45) is 12.0 Å². The van der Waals surface area contributed by atoms with Crippen molar-refractivity contribution in [1.29, 1.82) is 0 Å². The van der Waals surface area contributed by atoms with Crippen molar-refractivity contribution in [3.8, 4) is 11.3 Å². The molecule has 0 radical (unpaired) electrons. The Bertz CT molecular complexity index is 932. The van der Waals surface area contributed by atoms with Gasteiger partial charge in [-0.25, -0.2) is 9.98 Å². The molecule has 0 bridgehead atoms. The molecule has 9 heteroatoms. The van der Waals surface area contributed by atoms with Gasteiger partial charge in [-0.15, -0.1) is 34.2 Å². The predicted molar refractivity (Wildman–Crippen MR) is 131 cm³/mol. The van der Waals surface area contributed by atoms with Gasteiger partial charge in [0.05, 0.1) is 18.4 Å². The number of aromatic nitrogens is 5. The van der Waals surface area contributed by atoms with Gasteiger partial charge in [-0.1, -0.05) is 43.7 Å². The van der Waals surface area contributed by atoms with Gasteiger partial charge >= 0.3 is 0 Å². The first-order valence-electron chi connectivity index (χ1n) is 10.0. The number of aryl methyl sites for hydroxylation is 1. The van der Waals surface area contributed by atoms with Crippen LogP contribution >= 0.6 is 24.0 Å². The van der Waals surface area contributed by atoms with Crippen LogP contribution in [0.4, 0.5) is 0 Å². The molecule has 30 heavy (non-hydrogen) atoms. The normalized spacial score (nSPS) is 11.3. The Morgan fingerprint density at radius 3 is 2.67 bits per heavy atom. The van der Waals surface area contributed by atoms with Crippen LogP contribution in [0.2, 0.25) is 0 Å². The summed E-state index contributed by atoms with van der Waals surface area (Å²) in [5.41, 5.74) is 2.14.